The lowest BCUT2D eigenvalue weighted by Gasteiger charge is -2.35. The number of amides is 1. The molecule has 3 aromatic rings. The number of hydrogen-bond donors (Lipinski definition) is 0. The highest BCUT2D eigenvalue weighted by Crippen LogP contribution is 2.21. The van der Waals surface area contributed by atoms with Gasteiger partial charge in [0.1, 0.15) is 12.4 Å². The Balaban J connectivity index is 1.18. The molecule has 0 N–H and O–H groups in total. The molecule has 1 aliphatic heterocycles. The number of ether oxygens (including phenoxy) is 1. The van der Waals surface area contributed by atoms with E-state index in [-0.39, 0.29) is 5.91 Å². The van der Waals surface area contributed by atoms with Gasteiger partial charge in [0.05, 0.1) is 0 Å². The summed E-state index contributed by atoms with van der Waals surface area (Å²) in [6.45, 7) is 12.9. The fraction of sp³-hybridized carbons (Fsp3) is 0.469. The molecule has 0 radical (unpaired) electrons. The van der Waals surface area contributed by atoms with E-state index in [1.54, 1.807) is 0 Å². The maximum atomic E-state index is 13.2. The first-order valence-electron chi connectivity index (χ1n) is 14.1. The van der Waals surface area contributed by atoms with Gasteiger partial charge in [-0.05, 0) is 60.5 Å². The minimum atomic E-state index is 0.148. The molecule has 0 bridgehead atoms. The molecule has 0 spiro atoms. The molecule has 1 heterocycles. The molecule has 5 nitrogen and oxygen atoms in total. The Labute approximate surface area is 223 Å². The lowest BCUT2D eigenvalue weighted by molar-refractivity contribution is 0.0640. The van der Waals surface area contributed by atoms with Crippen molar-refractivity contribution < 1.29 is 9.53 Å². The molecule has 0 aromatic heterocycles. The SMILES string of the molecule is CCCCCN(CC)CCOc1ccc(CCN2CCN(C(=O)c3cccc4ccccc34)CC2)cc1. The Hall–Kier alpha value is -2.89. The predicted molar refractivity (Wildman–Crippen MR) is 154 cm³/mol. The van der Waals surface area contributed by atoms with Crippen molar-refractivity contribution in [2.75, 3.05) is 59.0 Å². The highest BCUT2D eigenvalue weighted by atomic mass is 16.5. The van der Waals surface area contributed by atoms with Crippen LogP contribution in [0.3, 0.4) is 0 Å². The Morgan fingerprint density at radius 1 is 0.865 bits per heavy atom. The highest BCUT2D eigenvalue weighted by Gasteiger charge is 2.23. The van der Waals surface area contributed by atoms with Crippen molar-refractivity contribution in [2.45, 2.75) is 39.5 Å². The van der Waals surface area contributed by atoms with Crippen LogP contribution in [-0.4, -0.2) is 79.6 Å². The molecule has 5 heteroatoms. The van der Waals surface area contributed by atoms with E-state index < -0.39 is 0 Å². The van der Waals surface area contributed by atoms with Crippen molar-refractivity contribution in [3.8, 4) is 5.75 Å². The van der Waals surface area contributed by atoms with Crippen LogP contribution >= 0.6 is 0 Å². The minimum absolute atomic E-state index is 0.148. The summed E-state index contributed by atoms with van der Waals surface area (Å²) in [6, 6.07) is 22.7. The second-order valence-electron chi connectivity index (χ2n) is 10.0. The fourth-order valence-electron chi connectivity index (χ4n) is 5.10. The molecule has 1 fully saturated rings. The summed E-state index contributed by atoms with van der Waals surface area (Å²) < 4.78 is 6.00. The average molecular weight is 502 g/mol. The van der Waals surface area contributed by atoms with Crippen LogP contribution in [0.15, 0.2) is 66.7 Å². The topological polar surface area (TPSA) is 36.0 Å². The molecule has 0 unspecified atom stereocenters. The number of unbranched alkanes of at least 4 members (excludes halogenated alkanes) is 2. The number of likely N-dealkylation sites (N-methyl/N-ethyl adjacent to an activating group) is 1. The van der Waals surface area contributed by atoms with Crippen LogP contribution in [0.1, 0.15) is 49.0 Å². The fourth-order valence-corrected chi connectivity index (χ4v) is 5.10. The summed E-state index contributed by atoms with van der Waals surface area (Å²) in [5.74, 6) is 1.10. The van der Waals surface area contributed by atoms with Crippen LogP contribution in [-0.2, 0) is 6.42 Å². The zero-order valence-electron chi connectivity index (χ0n) is 22.7. The maximum Gasteiger partial charge on any atom is 0.254 e. The van der Waals surface area contributed by atoms with Crippen LogP contribution in [0.2, 0.25) is 0 Å². The van der Waals surface area contributed by atoms with Gasteiger partial charge in [-0.15, -0.1) is 0 Å². The number of carbonyl (C=O) groups excluding carboxylic acids is 1. The zero-order chi connectivity index (χ0) is 25.9. The molecule has 1 amide bonds. The van der Waals surface area contributed by atoms with Crippen LogP contribution in [0.4, 0.5) is 0 Å². The van der Waals surface area contributed by atoms with Crippen molar-refractivity contribution in [3.05, 3.63) is 77.9 Å². The number of fused-ring (bicyclic) bond motifs is 1. The van der Waals surface area contributed by atoms with Crippen molar-refractivity contribution in [1.29, 1.82) is 0 Å². The molecule has 198 valence electrons. The van der Waals surface area contributed by atoms with Crippen molar-refractivity contribution in [3.63, 3.8) is 0 Å². The number of carbonyl (C=O) groups is 1. The van der Waals surface area contributed by atoms with Gasteiger partial charge in [0.25, 0.3) is 5.91 Å². The summed E-state index contributed by atoms with van der Waals surface area (Å²) in [7, 11) is 0. The summed E-state index contributed by atoms with van der Waals surface area (Å²) in [5, 5.41) is 2.16. The smallest absolute Gasteiger partial charge is 0.254 e. The molecular weight excluding hydrogens is 458 g/mol. The van der Waals surface area contributed by atoms with Gasteiger partial charge in [0, 0.05) is 44.8 Å². The van der Waals surface area contributed by atoms with Crippen LogP contribution in [0.25, 0.3) is 10.8 Å². The number of nitrogens with zero attached hydrogens (tertiary/aromatic N) is 3. The largest absolute Gasteiger partial charge is 0.492 e. The second kappa shape index (κ2) is 14.2. The van der Waals surface area contributed by atoms with E-state index in [9.17, 15) is 4.79 Å². The molecule has 0 saturated carbocycles. The van der Waals surface area contributed by atoms with Gasteiger partial charge >= 0.3 is 0 Å². The summed E-state index contributed by atoms with van der Waals surface area (Å²) in [4.78, 5) is 20.2. The van der Waals surface area contributed by atoms with Gasteiger partial charge in [-0.2, -0.15) is 0 Å². The number of hydrogen-bond acceptors (Lipinski definition) is 4. The van der Waals surface area contributed by atoms with E-state index in [0.717, 1.165) is 87.5 Å². The Morgan fingerprint density at radius 3 is 2.38 bits per heavy atom. The molecule has 0 atom stereocenters. The first kappa shape index (κ1) is 27.2. The van der Waals surface area contributed by atoms with Gasteiger partial charge < -0.3 is 14.5 Å². The average Bonchev–Trinajstić information content (AvgIpc) is 2.95. The number of rotatable bonds is 13. The van der Waals surface area contributed by atoms with Gasteiger partial charge in [-0.3, -0.25) is 9.69 Å². The Bertz CT molecular complexity index is 1100. The number of piperazine rings is 1. The van der Waals surface area contributed by atoms with Crippen molar-refractivity contribution in [2.24, 2.45) is 0 Å². The van der Waals surface area contributed by atoms with E-state index in [2.05, 4.69) is 60.0 Å². The van der Waals surface area contributed by atoms with Gasteiger partial charge in [0.15, 0.2) is 0 Å². The van der Waals surface area contributed by atoms with Crippen LogP contribution < -0.4 is 4.74 Å². The monoisotopic (exact) mass is 501 g/mol. The van der Waals surface area contributed by atoms with Gasteiger partial charge in [-0.25, -0.2) is 0 Å². The normalized spacial score (nSPS) is 14.4. The summed E-state index contributed by atoms with van der Waals surface area (Å²) in [5.41, 5.74) is 2.14. The molecule has 37 heavy (non-hydrogen) atoms. The molecule has 0 aliphatic carbocycles. The Kier molecular flexibility index (Phi) is 10.4. The minimum Gasteiger partial charge on any atom is -0.492 e. The first-order valence-corrected chi connectivity index (χ1v) is 14.1. The van der Waals surface area contributed by atoms with Gasteiger partial charge in [-0.1, -0.05) is 75.2 Å². The third-order valence-electron chi connectivity index (χ3n) is 7.52. The van der Waals surface area contributed by atoms with Gasteiger partial charge in [0.2, 0.25) is 0 Å². The third kappa shape index (κ3) is 7.80. The first-order chi connectivity index (χ1) is 18.2. The lowest BCUT2D eigenvalue weighted by Crippen LogP contribution is -2.49. The predicted octanol–water partition coefficient (Wildman–Crippen LogP) is 5.73. The molecular formula is C32H43N3O2. The van der Waals surface area contributed by atoms with E-state index in [1.165, 1.54) is 24.8 Å². The molecule has 3 aromatic carbocycles. The highest BCUT2D eigenvalue weighted by molar-refractivity contribution is 6.07. The number of benzene rings is 3. The standard InChI is InChI=1S/C32H43N3O2/c1-3-5-8-19-33(4-2)25-26-37-29-16-14-27(15-17-29)18-20-34-21-23-35(24-22-34)32(36)31-13-9-11-28-10-6-7-12-30(28)31/h6-7,9-17H,3-5,8,18-26H2,1-2H3. The summed E-state index contributed by atoms with van der Waals surface area (Å²) >= 11 is 0. The van der Waals surface area contributed by atoms with E-state index >= 15 is 0 Å². The van der Waals surface area contributed by atoms with Crippen molar-refractivity contribution >= 4 is 16.7 Å². The van der Waals surface area contributed by atoms with E-state index in [1.807, 2.05) is 35.2 Å². The quantitative estimate of drug-likeness (QED) is 0.280. The van der Waals surface area contributed by atoms with Crippen LogP contribution in [0, 0.1) is 0 Å². The second-order valence-corrected chi connectivity index (χ2v) is 10.0. The molecule has 1 aliphatic rings. The molecule has 1 saturated heterocycles. The lowest BCUT2D eigenvalue weighted by atomic mass is 10.0. The third-order valence-corrected chi connectivity index (χ3v) is 7.52. The van der Waals surface area contributed by atoms with E-state index in [4.69, 9.17) is 4.74 Å². The molecule has 4 rings (SSSR count). The zero-order valence-corrected chi connectivity index (χ0v) is 22.7. The maximum absolute atomic E-state index is 13.2. The van der Waals surface area contributed by atoms with E-state index in [0.29, 0.717) is 0 Å². The van der Waals surface area contributed by atoms with Crippen molar-refractivity contribution in [1.82, 2.24) is 14.7 Å². The van der Waals surface area contributed by atoms with Crippen LogP contribution in [0.5, 0.6) is 5.75 Å². The Morgan fingerprint density at radius 2 is 1.62 bits per heavy atom. The summed E-state index contributed by atoms with van der Waals surface area (Å²) in [6.07, 6.45) is 4.85.